The van der Waals surface area contributed by atoms with E-state index in [4.69, 9.17) is 15.2 Å². The van der Waals surface area contributed by atoms with Crippen LogP contribution >= 0.6 is 15.9 Å². The highest BCUT2D eigenvalue weighted by atomic mass is 79.9. The van der Waals surface area contributed by atoms with E-state index in [1.165, 1.54) is 0 Å². The van der Waals surface area contributed by atoms with Crippen LogP contribution in [-0.4, -0.2) is 38.4 Å². The predicted octanol–water partition coefficient (Wildman–Crippen LogP) is 1.15. The molecule has 2 atom stereocenters. The van der Waals surface area contributed by atoms with Gasteiger partial charge in [-0.1, -0.05) is 28.1 Å². The maximum absolute atomic E-state index is 12.2. The van der Waals surface area contributed by atoms with Crippen molar-refractivity contribution < 1.29 is 14.3 Å². The van der Waals surface area contributed by atoms with Gasteiger partial charge in [-0.15, -0.1) is 0 Å². The molecule has 1 aliphatic rings. The standard InChI is InChI=1S/C14H19BrN2O3/c1-14(16,10-2-4-11(15)5-3-10)13(18)17-8-12-9-19-6-7-20-12/h2-5,12H,6-9,16H2,1H3,(H,17,18). The number of nitrogens with two attached hydrogens (primary N) is 1. The van der Waals surface area contributed by atoms with Gasteiger partial charge in [0.2, 0.25) is 5.91 Å². The number of carbonyl (C=O) groups excluding carboxylic acids is 1. The highest BCUT2D eigenvalue weighted by Gasteiger charge is 2.31. The van der Waals surface area contributed by atoms with Gasteiger partial charge in [0, 0.05) is 11.0 Å². The summed E-state index contributed by atoms with van der Waals surface area (Å²) >= 11 is 3.36. The van der Waals surface area contributed by atoms with Gasteiger partial charge in [0.05, 0.1) is 25.9 Å². The zero-order valence-corrected chi connectivity index (χ0v) is 13.0. The third-order valence-electron chi connectivity index (χ3n) is 3.29. The van der Waals surface area contributed by atoms with Gasteiger partial charge < -0.3 is 20.5 Å². The van der Waals surface area contributed by atoms with Crippen LogP contribution in [0.3, 0.4) is 0 Å². The highest BCUT2D eigenvalue weighted by Crippen LogP contribution is 2.20. The van der Waals surface area contributed by atoms with Crippen LogP contribution in [0.4, 0.5) is 0 Å². The van der Waals surface area contributed by atoms with E-state index in [-0.39, 0.29) is 12.0 Å². The number of halogens is 1. The van der Waals surface area contributed by atoms with E-state index in [1.807, 2.05) is 24.3 Å². The minimum absolute atomic E-state index is 0.103. The fourth-order valence-electron chi connectivity index (χ4n) is 1.97. The van der Waals surface area contributed by atoms with Crippen molar-refractivity contribution in [1.82, 2.24) is 5.32 Å². The Morgan fingerprint density at radius 3 is 2.75 bits per heavy atom. The minimum Gasteiger partial charge on any atom is -0.376 e. The van der Waals surface area contributed by atoms with Gasteiger partial charge in [-0.05, 0) is 24.6 Å². The molecule has 0 saturated carbocycles. The van der Waals surface area contributed by atoms with Crippen LogP contribution in [-0.2, 0) is 19.8 Å². The molecular formula is C14H19BrN2O3. The largest absolute Gasteiger partial charge is 0.376 e. The number of ether oxygens (including phenoxy) is 2. The first kappa shape index (κ1) is 15.4. The van der Waals surface area contributed by atoms with Crippen LogP contribution in [0, 0.1) is 0 Å². The Hall–Kier alpha value is -0.950. The van der Waals surface area contributed by atoms with Crippen molar-refractivity contribution in [1.29, 1.82) is 0 Å². The van der Waals surface area contributed by atoms with Crippen molar-refractivity contribution in [3.05, 3.63) is 34.3 Å². The average Bonchev–Trinajstić information content (AvgIpc) is 2.46. The molecule has 0 aliphatic carbocycles. The number of carbonyl (C=O) groups is 1. The van der Waals surface area contributed by atoms with E-state index in [2.05, 4.69) is 21.2 Å². The molecule has 2 unspecified atom stereocenters. The first-order valence-corrected chi connectivity index (χ1v) is 7.32. The number of hydrogen-bond donors (Lipinski definition) is 2. The van der Waals surface area contributed by atoms with E-state index in [9.17, 15) is 4.79 Å². The molecule has 1 saturated heterocycles. The lowest BCUT2D eigenvalue weighted by Gasteiger charge is -2.27. The monoisotopic (exact) mass is 342 g/mol. The third-order valence-corrected chi connectivity index (χ3v) is 3.82. The number of amides is 1. The summed E-state index contributed by atoms with van der Waals surface area (Å²) in [5, 5.41) is 2.83. The summed E-state index contributed by atoms with van der Waals surface area (Å²) in [4.78, 5) is 12.2. The molecule has 5 nitrogen and oxygen atoms in total. The summed E-state index contributed by atoms with van der Waals surface area (Å²) in [6.45, 7) is 3.77. The second kappa shape index (κ2) is 6.67. The fraction of sp³-hybridized carbons (Fsp3) is 0.500. The number of nitrogens with one attached hydrogen (secondary N) is 1. The van der Waals surface area contributed by atoms with E-state index in [1.54, 1.807) is 6.92 Å². The maximum Gasteiger partial charge on any atom is 0.244 e. The van der Waals surface area contributed by atoms with E-state index < -0.39 is 5.54 Å². The lowest BCUT2D eigenvalue weighted by Crippen LogP contribution is -2.51. The average molecular weight is 343 g/mol. The zero-order valence-electron chi connectivity index (χ0n) is 11.4. The molecule has 1 heterocycles. The number of benzene rings is 1. The molecule has 110 valence electrons. The Morgan fingerprint density at radius 1 is 1.45 bits per heavy atom. The Kier molecular flexibility index (Phi) is 5.15. The fourth-order valence-corrected chi connectivity index (χ4v) is 2.24. The zero-order chi connectivity index (χ0) is 14.6. The van der Waals surface area contributed by atoms with Gasteiger partial charge in [-0.3, -0.25) is 4.79 Å². The Labute approximate surface area is 126 Å². The van der Waals surface area contributed by atoms with Gasteiger partial charge in [0.25, 0.3) is 0 Å². The van der Waals surface area contributed by atoms with Crippen molar-refractivity contribution in [3.63, 3.8) is 0 Å². The summed E-state index contributed by atoms with van der Waals surface area (Å²) in [7, 11) is 0. The quantitative estimate of drug-likeness (QED) is 0.860. The molecule has 1 fully saturated rings. The summed E-state index contributed by atoms with van der Waals surface area (Å²) < 4.78 is 11.7. The number of rotatable bonds is 4. The summed E-state index contributed by atoms with van der Waals surface area (Å²) in [5.41, 5.74) is 5.84. The van der Waals surface area contributed by atoms with Crippen LogP contribution < -0.4 is 11.1 Å². The molecule has 3 N–H and O–H groups in total. The smallest absolute Gasteiger partial charge is 0.244 e. The normalized spacial score (nSPS) is 22.1. The molecular weight excluding hydrogens is 324 g/mol. The molecule has 0 radical (unpaired) electrons. The molecule has 1 amide bonds. The van der Waals surface area contributed by atoms with Crippen LogP contribution in [0.5, 0.6) is 0 Å². The topological polar surface area (TPSA) is 73.6 Å². The van der Waals surface area contributed by atoms with Gasteiger partial charge in [0.1, 0.15) is 5.54 Å². The highest BCUT2D eigenvalue weighted by molar-refractivity contribution is 9.10. The number of hydrogen-bond acceptors (Lipinski definition) is 4. The second-order valence-electron chi connectivity index (χ2n) is 4.99. The molecule has 2 rings (SSSR count). The van der Waals surface area contributed by atoms with Gasteiger partial charge in [0.15, 0.2) is 0 Å². The lowest BCUT2D eigenvalue weighted by atomic mass is 9.92. The minimum atomic E-state index is -1.07. The molecule has 1 aromatic carbocycles. The van der Waals surface area contributed by atoms with Crippen LogP contribution in [0.2, 0.25) is 0 Å². The van der Waals surface area contributed by atoms with Gasteiger partial charge in [-0.2, -0.15) is 0 Å². The van der Waals surface area contributed by atoms with E-state index in [0.29, 0.717) is 26.4 Å². The van der Waals surface area contributed by atoms with E-state index >= 15 is 0 Å². The third kappa shape index (κ3) is 3.79. The Balaban J connectivity index is 1.94. The molecule has 0 spiro atoms. The second-order valence-corrected chi connectivity index (χ2v) is 5.90. The van der Waals surface area contributed by atoms with Gasteiger partial charge >= 0.3 is 0 Å². The lowest BCUT2D eigenvalue weighted by molar-refractivity contribution is -0.128. The van der Waals surface area contributed by atoms with E-state index in [0.717, 1.165) is 10.0 Å². The van der Waals surface area contributed by atoms with Crippen molar-refractivity contribution in [2.45, 2.75) is 18.6 Å². The summed E-state index contributed by atoms with van der Waals surface area (Å²) in [6.07, 6.45) is -0.103. The molecule has 0 aromatic heterocycles. The van der Waals surface area contributed by atoms with Crippen molar-refractivity contribution in [3.8, 4) is 0 Å². The molecule has 1 aliphatic heterocycles. The van der Waals surface area contributed by atoms with Crippen LogP contribution in [0.1, 0.15) is 12.5 Å². The van der Waals surface area contributed by atoms with Gasteiger partial charge in [-0.25, -0.2) is 0 Å². The first-order valence-electron chi connectivity index (χ1n) is 6.52. The summed E-state index contributed by atoms with van der Waals surface area (Å²) in [5.74, 6) is -0.228. The Morgan fingerprint density at radius 2 is 2.15 bits per heavy atom. The van der Waals surface area contributed by atoms with Crippen molar-refractivity contribution >= 4 is 21.8 Å². The maximum atomic E-state index is 12.2. The Bertz CT molecular complexity index is 456. The molecule has 6 heteroatoms. The van der Waals surface area contributed by atoms with Crippen molar-refractivity contribution in [2.75, 3.05) is 26.4 Å². The first-order chi connectivity index (χ1) is 9.50. The van der Waals surface area contributed by atoms with Crippen LogP contribution in [0.25, 0.3) is 0 Å². The SMILES string of the molecule is CC(N)(C(=O)NCC1COCCO1)c1ccc(Br)cc1. The van der Waals surface area contributed by atoms with Crippen molar-refractivity contribution in [2.24, 2.45) is 5.73 Å². The van der Waals surface area contributed by atoms with Crippen LogP contribution in [0.15, 0.2) is 28.7 Å². The molecule has 1 aromatic rings. The summed E-state index contributed by atoms with van der Waals surface area (Å²) in [6, 6.07) is 7.41. The predicted molar refractivity (Wildman–Crippen MR) is 79.3 cm³/mol. The molecule has 0 bridgehead atoms. The molecule has 20 heavy (non-hydrogen) atoms.